The van der Waals surface area contributed by atoms with Crippen molar-refractivity contribution >= 4 is 309 Å². The van der Waals surface area contributed by atoms with E-state index in [2.05, 4.69) is 16.0 Å². The number of ether oxygens (including phenoxy) is 6. The molecule has 0 saturated carbocycles. The highest BCUT2D eigenvalue weighted by Crippen LogP contribution is 2.41. The Hall–Kier alpha value is -3.96. The van der Waals surface area contributed by atoms with Gasteiger partial charge in [-0.15, -0.1) is 0 Å². The molecule has 4 rings (SSSR count). The molecule has 1 heterocycles. The van der Waals surface area contributed by atoms with Gasteiger partial charge in [-0.1, -0.05) is 0 Å². The molecule has 3 aromatic rings. The third kappa shape index (κ3) is 27.8. The van der Waals surface area contributed by atoms with Gasteiger partial charge in [0.05, 0.1) is 110 Å². The van der Waals surface area contributed by atoms with Crippen LogP contribution in [0.1, 0.15) is 123 Å². The number of nitrogens with zero attached hydrogens (tertiary/aromatic N) is 6. The van der Waals surface area contributed by atoms with Gasteiger partial charge in [-0.3, -0.25) is 71.9 Å². The number of carbonyl (C=O) groups is 15. The molecule has 612 valence electrons. The molecule has 1 aliphatic rings. The van der Waals surface area contributed by atoms with E-state index in [1.165, 1.54) is 35.8 Å². The Labute approximate surface area is 758 Å². The number of hydrogen-bond acceptors (Lipinski definition) is 27. The second kappa shape index (κ2) is 46.8. The third-order valence-corrected chi connectivity index (χ3v) is 25.4. The topological polar surface area (TPSA) is 488 Å². The first-order valence-electron chi connectivity index (χ1n) is 32.9. The quantitative estimate of drug-likeness (QED) is 0.0261. The number of likely N-dealkylation sites (N-methyl/N-ethyl adjacent to an activating group) is 3. The van der Waals surface area contributed by atoms with E-state index in [-0.39, 0.29) is 141 Å². The number of halogens is 9. The SMILES string of the molecule is CC(=O)OCC(OC(C)=O)C(=O)Nc1c(I)c(C(=O)N(C)CC(O)CO)c(I)c(C(=O)N2CCCN(C(=O)c3c(I)c(NC(=O)C(COC(C)=O)OC(C)=O)c(I)c(C(=O)N(C)CC(O)CO)c3I)CCCN(C(=O)c3c(I)c(NC(=O)C(COC(C)=O)OC(C)=O)c(I)c(C(=O)N(C)CC(O)CO)c3I)CCC2)c1I. The van der Waals surface area contributed by atoms with Crippen LogP contribution in [0.25, 0.3) is 0 Å². The molecule has 6 atom stereocenters. The van der Waals surface area contributed by atoms with Gasteiger partial charge in [-0.2, -0.15) is 0 Å². The summed E-state index contributed by atoms with van der Waals surface area (Å²) >= 11 is 15.9. The zero-order valence-corrected chi connectivity index (χ0v) is 80.0. The van der Waals surface area contributed by atoms with Crippen LogP contribution in [0.4, 0.5) is 17.1 Å². The van der Waals surface area contributed by atoms with E-state index in [4.69, 9.17) is 28.4 Å². The van der Waals surface area contributed by atoms with Crippen molar-refractivity contribution in [3.05, 3.63) is 65.5 Å². The van der Waals surface area contributed by atoms with E-state index in [9.17, 15) is 88.2 Å². The maximum Gasteiger partial charge on any atom is 0.303 e. The fourth-order valence-electron chi connectivity index (χ4n) is 10.4. The first-order valence-corrected chi connectivity index (χ1v) is 42.6. The molecule has 36 nitrogen and oxygen atoms in total. The van der Waals surface area contributed by atoms with Gasteiger partial charge in [0.15, 0.2) is 0 Å². The van der Waals surface area contributed by atoms with Crippen LogP contribution in [0.15, 0.2) is 0 Å². The lowest BCUT2D eigenvalue weighted by molar-refractivity contribution is -0.160. The molecule has 1 saturated heterocycles. The van der Waals surface area contributed by atoms with Crippen molar-refractivity contribution in [1.29, 1.82) is 0 Å². The minimum atomic E-state index is -1.78. The number of carbonyl (C=O) groups excluding carboxylic acids is 15. The molecular formula is C66H78I9N9O27. The number of hydrogen-bond donors (Lipinski definition) is 9. The number of benzene rings is 3. The number of amides is 9. The molecule has 0 bridgehead atoms. The summed E-state index contributed by atoms with van der Waals surface area (Å²) in [5.41, 5.74) is -1.79. The zero-order chi connectivity index (χ0) is 84.1. The molecule has 9 N–H and O–H groups in total. The average Bonchev–Trinajstić information content (AvgIpc) is 0.770. The van der Waals surface area contributed by atoms with Gasteiger partial charge in [0.2, 0.25) is 18.3 Å². The summed E-state index contributed by atoms with van der Waals surface area (Å²) < 4.78 is 30.9. The first kappa shape index (κ1) is 99.4. The van der Waals surface area contributed by atoms with Gasteiger partial charge in [-0.05, 0) is 223 Å². The predicted molar refractivity (Wildman–Crippen MR) is 468 cm³/mol. The molecule has 1 fully saturated rings. The lowest BCUT2D eigenvalue weighted by Crippen LogP contribution is -2.43. The number of esters is 6. The summed E-state index contributed by atoms with van der Waals surface area (Å²) in [6.07, 6.45) is -9.92. The minimum Gasteiger partial charge on any atom is -0.461 e. The Morgan fingerprint density at radius 1 is 0.342 bits per heavy atom. The summed E-state index contributed by atoms with van der Waals surface area (Å²) in [4.78, 5) is 216. The fourth-order valence-corrected chi connectivity index (χ4v) is 23.5. The Morgan fingerprint density at radius 2 is 0.541 bits per heavy atom. The van der Waals surface area contributed by atoms with Crippen molar-refractivity contribution in [2.75, 3.05) is 136 Å². The Morgan fingerprint density at radius 3 is 0.721 bits per heavy atom. The highest BCUT2D eigenvalue weighted by molar-refractivity contribution is 14.1. The lowest BCUT2D eigenvalue weighted by Gasteiger charge is -2.32. The van der Waals surface area contributed by atoms with Crippen molar-refractivity contribution in [3.63, 3.8) is 0 Å². The van der Waals surface area contributed by atoms with Crippen molar-refractivity contribution in [2.24, 2.45) is 0 Å². The molecule has 1 aliphatic heterocycles. The number of anilines is 3. The molecule has 0 aliphatic carbocycles. The number of aliphatic hydroxyl groups is 6. The second-order valence-electron chi connectivity index (χ2n) is 24.4. The van der Waals surface area contributed by atoms with Gasteiger partial charge in [0.1, 0.15) is 19.8 Å². The largest absolute Gasteiger partial charge is 0.461 e. The molecule has 45 heteroatoms. The predicted octanol–water partition coefficient (Wildman–Crippen LogP) is 3.61. The van der Waals surface area contributed by atoms with Gasteiger partial charge in [0.25, 0.3) is 53.2 Å². The van der Waals surface area contributed by atoms with Crippen LogP contribution < -0.4 is 16.0 Å². The van der Waals surface area contributed by atoms with E-state index in [0.29, 0.717) is 0 Å². The molecular weight excluding hydrogens is 2490 g/mol. The summed E-state index contributed by atoms with van der Waals surface area (Å²) in [7, 11) is 3.90. The summed E-state index contributed by atoms with van der Waals surface area (Å²) in [6.45, 7) is -1.31. The number of aliphatic hydroxyl groups excluding tert-OH is 6. The minimum absolute atomic E-state index is 0.000476. The maximum atomic E-state index is 16.1. The summed E-state index contributed by atoms with van der Waals surface area (Å²) in [5, 5.41) is 68.9. The average molecular weight is 2570 g/mol. The van der Waals surface area contributed by atoms with Crippen LogP contribution in [0.5, 0.6) is 0 Å². The standard InChI is InChI=1S/C66H78I9N9O27/c1-28(88)106-25-37(109-31(4)91)58(97)76-55-49(70)40(61(100)79(7)19-34(94)22-85)46(67)43(52(55)73)64(103)82-13-10-15-83(65(104)44-47(68)41(62(101)80(8)20-35(95)23-86)50(71)56(53(44)74)77-59(98)38(110-32(5)92)26-107-29(2)89)17-12-18-84(16-11-14-82)66(105)45-48(69)42(63(102)81(9)21-36(96)24-87)51(72)57(54(45)75)78-60(99)39(111-33(6)93)27-108-30(3)90/h34-39,85-87,94-96H,10-27H2,1-9H3,(H,76,97)(H,77,98)(H,78,99). The molecule has 9 amide bonds. The van der Waals surface area contributed by atoms with E-state index < -0.39 is 185 Å². The van der Waals surface area contributed by atoms with E-state index in [1.807, 2.05) is 0 Å². The number of nitrogens with one attached hydrogen (secondary N) is 3. The molecule has 0 spiro atoms. The van der Waals surface area contributed by atoms with Crippen molar-refractivity contribution in [3.8, 4) is 0 Å². The molecule has 6 unspecified atom stereocenters. The lowest BCUT2D eigenvalue weighted by atomic mass is 10.0. The van der Waals surface area contributed by atoms with Crippen LogP contribution in [0.2, 0.25) is 0 Å². The first-order chi connectivity index (χ1) is 51.9. The van der Waals surface area contributed by atoms with Gasteiger partial charge >= 0.3 is 35.8 Å². The third-order valence-electron chi connectivity index (χ3n) is 15.7. The van der Waals surface area contributed by atoms with Crippen LogP contribution in [0, 0.1) is 32.1 Å². The van der Waals surface area contributed by atoms with Crippen LogP contribution in [-0.2, 0) is 71.6 Å². The van der Waals surface area contributed by atoms with Crippen LogP contribution >= 0.6 is 203 Å². The van der Waals surface area contributed by atoms with Gasteiger partial charge in [0, 0.05) is 132 Å². The Balaban J connectivity index is 2.18. The van der Waals surface area contributed by atoms with Crippen LogP contribution in [-0.4, -0.2) is 305 Å². The molecule has 0 radical (unpaired) electrons. The Kier molecular flexibility index (Phi) is 41.9. The van der Waals surface area contributed by atoms with Crippen LogP contribution in [0.3, 0.4) is 0 Å². The van der Waals surface area contributed by atoms with E-state index >= 15 is 14.4 Å². The molecule has 0 aromatic heterocycles. The fraction of sp³-hybridized carbons (Fsp3) is 0.500. The normalized spacial score (nSPS) is 14.2. The smallest absolute Gasteiger partial charge is 0.303 e. The maximum absolute atomic E-state index is 16.1. The molecule has 111 heavy (non-hydrogen) atoms. The monoisotopic (exact) mass is 2570 g/mol. The Bertz CT molecular complexity index is 3690. The van der Waals surface area contributed by atoms with Gasteiger partial charge in [-0.25, -0.2) is 0 Å². The summed E-state index contributed by atoms with van der Waals surface area (Å²) in [5.74, 6) is -13.6. The highest BCUT2D eigenvalue weighted by atomic mass is 127. The molecule has 3 aromatic carbocycles. The summed E-state index contributed by atoms with van der Waals surface area (Å²) in [6, 6.07) is 0. The van der Waals surface area contributed by atoms with Crippen molar-refractivity contribution in [2.45, 2.75) is 97.4 Å². The second-order valence-corrected chi connectivity index (χ2v) is 34.1. The highest BCUT2D eigenvalue weighted by Gasteiger charge is 2.40. The van der Waals surface area contributed by atoms with E-state index in [0.717, 1.165) is 56.2 Å². The van der Waals surface area contributed by atoms with Crippen molar-refractivity contribution in [1.82, 2.24) is 29.4 Å². The number of rotatable bonds is 30. The van der Waals surface area contributed by atoms with Gasteiger partial charge < -0.3 is 104 Å². The van der Waals surface area contributed by atoms with Crippen molar-refractivity contribution < 1.29 is 131 Å². The van der Waals surface area contributed by atoms with E-state index in [1.54, 1.807) is 203 Å². The zero-order valence-electron chi connectivity index (χ0n) is 60.5.